The lowest BCUT2D eigenvalue weighted by atomic mass is 9.87. The summed E-state index contributed by atoms with van der Waals surface area (Å²) < 4.78 is 280. The Morgan fingerprint density at radius 3 is 1.02 bits per heavy atom. The summed E-state index contributed by atoms with van der Waals surface area (Å²) in [4.78, 5) is -1.45. The summed E-state index contributed by atoms with van der Waals surface area (Å²) in [5.41, 5.74) is 8.58. The molecule has 0 spiro atoms. The second-order valence-corrected chi connectivity index (χ2v) is 8.67. The molecule has 0 saturated heterocycles. The van der Waals surface area contributed by atoms with Gasteiger partial charge in [0.2, 0.25) is 0 Å². The van der Waals surface area contributed by atoms with E-state index in [4.69, 9.17) is 11.5 Å². The summed E-state index contributed by atoms with van der Waals surface area (Å²) in [5, 5.41) is -6.84. The monoisotopic (exact) mass is 658 g/mol. The lowest BCUT2D eigenvalue weighted by molar-refractivity contribution is -0.472. The number of nitrogens with two attached hydrogens (primary N) is 2. The Hall–Kier alpha value is -2.30. The van der Waals surface area contributed by atoms with Crippen molar-refractivity contribution in [3.8, 4) is 0 Å². The summed E-state index contributed by atoms with van der Waals surface area (Å²) in [6, 6.07) is 1.21. The normalized spacial score (nSPS) is 15.9. The van der Waals surface area contributed by atoms with Crippen molar-refractivity contribution >= 4 is 23.1 Å². The number of hydrogen-bond acceptors (Lipinski definition) is 3. The van der Waals surface area contributed by atoms with E-state index in [-0.39, 0.29) is 6.07 Å². The van der Waals surface area contributed by atoms with Gasteiger partial charge in [-0.1, -0.05) is 0 Å². The van der Waals surface area contributed by atoms with Gasteiger partial charge in [0.25, 0.3) is 0 Å². The van der Waals surface area contributed by atoms with Crippen molar-refractivity contribution in [3.63, 3.8) is 0 Å². The maximum atomic E-state index is 14.0. The fourth-order valence-corrected chi connectivity index (χ4v) is 3.25. The van der Waals surface area contributed by atoms with E-state index in [1.54, 1.807) is 0 Å². The van der Waals surface area contributed by atoms with Gasteiger partial charge in [0, 0.05) is 16.3 Å². The first-order valence-corrected chi connectivity index (χ1v) is 9.76. The Kier molecular flexibility index (Phi) is 8.36. The van der Waals surface area contributed by atoms with Crippen LogP contribution in [-0.4, -0.2) is 58.8 Å². The minimum Gasteiger partial charge on any atom is -0.399 e. The van der Waals surface area contributed by atoms with Crippen LogP contribution in [0.1, 0.15) is 0 Å². The zero-order chi connectivity index (χ0) is 32.6. The number of hydrogen-bond donors (Lipinski definition) is 2. The van der Waals surface area contributed by atoms with Gasteiger partial charge >= 0.3 is 58.8 Å². The number of alkyl halides is 21. The summed E-state index contributed by atoms with van der Waals surface area (Å²) >= 11 is -1.94. The SMILES string of the molecule is Nc1ccc(SC(F)(F)C(F)(F)C(F)(F)C(F)(F)C(F)(F)C(F)(F)C(F)(F)C(F)(F)C(F)(F)C(F)(F)F)c(N)c1. The van der Waals surface area contributed by atoms with Crippen molar-refractivity contribution in [1.82, 2.24) is 0 Å². The number of halogens is 21. The zero-order valence-corrected chi connectivity index (χ0v) is 18.5. The van der Waals surface area contributed by atoms with Crippen LogP contribution in [0.25, 0.3) is 0 Å². The van der Waals surface area contributed by atoms with Crippen molar-refractivity contribution in [2.24, 2.45) is 0 Å². The third kappa shape index (κ3) is 4.60. The molecule has 1 aromatic rings. The minimum absolute atomic E-state index is 0.224. The molecule has 0 aliphatic rings. The zero-order valence-electron chi connectivity index (χ0n) is 17.7. The van der Waals surface area contributed by atoms with E-state index in [0.717, 1.165) is 0 Å². The molecule has 0 saturated carbocycles. The molecule has 0 amide bonds. The molecule has 0 fully saturated rings. The Morgan fingerprint density at radius 1 is 0.425 bits per heavy atom. The average Bonchev–Trinajstić information content (AvgIpc) is 2.73. The number of nitrogen functional groups attached to an aromatic ring is 2. The summed E-state index contributed by atoms with van der Waals surface area (Å²) in [6.07, 6.45) is -8.02. The number of benzene rings is 1. The van der Waals surface area contributed by atoms with E-state index in [2.05, 4.69) is 0 Å². The van der Waals surface area contributed by atoms with Crippen molar-refractivity contribution in [2.45, 2.75) is 63.7 Å². The van der Waals surface area contributed by atoms with Gasteiger partial charge in [-0.05, 0) is 30.0 Å². The third-order valence-electron chi connectivity index (χ3n) is 4.75. The minimum atomic E-state index is -9.20. The van der Waals surface area contributed by atoms with Crippen LogP contribution >= 0.6 is 11.8 Å². The van der Waals surface area contributed by atoms with Crippen LogP contribution in [-0.2, 0) is 0 Å². The fraction of sp³-hybridized carbons (Fsp3) is 0.625. The van der Waals surface area contributed by atoms with Gasteiger partial charge in [0.15, 0.2) is 0 Å². The number of thioether (sulfide) groups is 1. The highest BCUT2D eigenvalue weighted by Crippen LogP contribution is 2.67. The van der Waals surface area contributed by atoms with Crippen LogP contribution in [0, 0.1) is 0 Å². The maximum absolute atomic E-state index is 14.0. The van der Waals surface area contributed by atoms with Crippen LogP contribution in [0.15, 0.2) is 23.1 Å². The molecule has 2 nitrogen and oxygen atoms in total. The van der Waals surface area contributed by atoms with Gasteiger partial charge in [-0.15, -0.1) is 0 Å². The Bertz CT molecular complexity index is 1090. The van der Waals surface area contributed by atoms with E-state index >= 15 is 0 Å². The molecular formula is C16H7F21N2S. The molecule has 0 aromatic heterocycles. The van der Waals surface area contributed by atoms with Crippen LogP contribution < -0.4 is 11.5 Å². The molecule has 24 heteroatoms. The molecule has 40 heavy (non-hydrogen) atoms. The molecule has 0 aliphatic carbocycles. The molecule has 0 bridgehead atoms. The largest absolute Gasteiger partial charge is 0.460 e. The van der Waals surface area contributed by atoms with Gasteiger partial charge in [0.1, 0.15) is 0 Å². The smallest absolute Gasteiger partial charge is 0.399 e. The standard InChI is InChI=1S/C16H7F21N2S/c17-7(18,9(21,22)11(25,26)13(29,30)15(33,34)35)8(19,20)10(23,24)12(27,28)14(31,32)16(36,37)40-6-2-1-4(38)3-5(6)39/h1-3H,38-39H2. The second-order valence-electron chi connectivity index (χ2n) is 7.51. The number of anilines is 2. The second kappa shape index (κ2) is 9.36. The number of rotatable bonds is 10. The summed E-state index contributed by atoms with van der Waals surface area (Å²) in [6.45, 7) is 0. The van der Waals surface area contributed by atoms with Crippen molar-refractivity contribution in [1.29, 1.82) is 0 Å². The highest BCUT2D eigenvalue weighted by molar-refractivity contribution is 8.00. The molecule has 0 atom stereocenters. The first-order valence-electron chi connectivity index (χ1n) is 8.94. The first-order chi connectivity index (χ1) is 17.1. The molecule has 4 N–H and O–H groups in total. The quantitative estimate of drug-likeness (QED) is 0.152. The fourth-order valence-electron chi connectivity index (χ4n) is 2.41. The highest BCUT2D eigenvalue weighted by Gasteiger charge is 2.97. The predicted molar refractivity (Wildman–Crippen MR) is 91.7 cm³/mol. The average molecular weight is 658 g/mol. The predicted octanol–water partition coefficient (Wildman–Crippen LogP) is 8.18. The van der Waals surface area contributed by atoms with Gasteiger partial charge < -0.3 is 11.5 Å². The molecule has 0 aliphatic heterocycles. The summed E-state index contributed by atoms with van der Waals surface area (Å²) in [5.74, 6) is -70.6. The van der Waals surface area contributed by atoms with E-state index in [1.807, 2.05) is 0 Å². The van der Waals surface area contributed by atoms with Crippen LogP contribution in [0.5, 0.6) is 0 Å². The van der Waals surface area contributed by atoms with Crippen LogP contribution in [0.3, 0.4) is 0 Å². The molecular weight excluding hydrogens is 651 g/mol. The molecule has 0 heterocycles. The molecule has 0 unspecified atom stereocenters. The van der Waals surface area contributed by atoms with E-state index in [9.17, 15) is 92.2 Å². The Balaban J connectivity index is 3.75. The lowest BCUT2D eigenvalue weighted by Crippen LogP contribution is -2.76. The first kappa shape index (κ1) is 35.7. The van der Waals surface area contributed by atoms with Gasteiger partial charge in [-0.25, -0.2) is 0 Å². The molecule has 234 valence electrons. The van der Waals surface area contributed by atoms with Crippen molar-refractivity contribution < 1.29 is 92.2 Å². The van der Waals surface area contributed by atoms with Crippen molar-refractivity contribution in [3.05, 3.63) is 18.2 Å². The lowest BCUT2D eigenvalue weighted by Gasteiger charge is -2.44. The van der Waals surface area contributed by atoms with Gasteiger partial charge in [-0.3, -0.25) is 0 Å². The topological polar surface area (TPSA) is 52.0 Å². The molecule has 0 radical (unpaired) electrons. The highest BCUT2D eigenvalue weighted by atomic mass is 32.2. The maximum Gasteiger partial charge on any atom is 0.460 e. The third-order valence-corrected chi connectivity index (χ3v) is 5.86. The van der Waals surface area contributed by atoms with Crippen LogP contribution in [0.4, 0.5) is 104 Å². The van der Waals surface area contributed by atoms with E-state index in [1.165, 1.54) is 0 Å². The molecule has 1 rings (SSSR count). The Morgan fingerprint density at radius 2 is 0.725 bits per heavy atom. The Labute approximate surface area is 209 Å². The van der Waals surface area contributed by atoms with Crippen LogP contribution in [0.2, 0.25) is 0 Å². The van der Waals surface area contributed by atoms with E-state index in [0.29, 0.717) is 12.1 Å². The van der Waals surface area contributed by atoms with Gasteiger partial charge in [-0.2, -0.15) is 92.2 Å². The van der Waals surface area contributed by atoms with Crippen molar-refractivity contribution in [2.75, 3.05) is 11.5 Å². The van der Waals surface area contributed by atoms with Gasteiger partial charge in [0.05, 0.1) is 0 Å². The molecule has 1 aromatic carbocycles. The van der Waals surface area contributed by atoms with E-state index < -0.39 is 86.8 Å². The summed E-state index contributed by atoms with van der Waals surface area (Å²) in [7, 11) is 0.